The van der Waals surface area contributed by atoms with E-state index in [2.05, 4.69) is 113 Å². The number of nitriles is 4. The Morgan fingerprint density at radius 2 is 0.877 bits per heavy atom. The highest BCUT2D eigenvalue weighted by Crippen LogP contribution is 2.61. The van der Waals surface area contributed by atoms with E-state index in [4.69, 9.17) is 2.56 Å². The van der Waals surface area contributed by atoms with Crippen LogP contribution >= 0.6 is 9.13 Å². The minimum absolute atomic E-state index is 0.131. The van der Waals surface area contributed by atoms with Gasteiger partial charge in [0.15, 0.2) is 0 Å². The van der Waals surface area contributed by atoms with Crippen LogP contribution in [0.25, 0.3) is 44.5 Å². The lowest BCUT2D eigenvalue weighted by molar-refractivity contribution is 0.398. The van der Waals surface area contributed by atoms with Crippen molar-refractivity contribution in [1.29, 1.82) is 23.6 Å². The Labute approximate surface area is 346 Å². The molecule has 288 valence electrons. The van der Waals surface area contributed by atoms with Gasteiger partial charge in [-0.3, -0.25) is 0 Å². The second kappa shape index (κ2) is 18.3. The zero-order valence-electron chi connectivity index (χ0n) is 36.4. The summed E-state index contributed by atoms with van der Waals surface area (Å²) in [6.45, 7) is 10.2. The Kier molecular flexibility index (Phi) is 12.4. The summed E-state index contributed by atoms with van der Waals surface area (Å²) in [5.74, 6) is 0. The van der Waals surface area contributed by atoms with Crippen molar-refractivity contribution >= 4 is 20.3 Å². The van der Waals surface area contributed by atoms with Crippen LogP contribution in [0.5, 0.6) is 0 Å². The first-order valence-corrected chi connectivity index (χ1v) is 21.9. The molecule has 0 radical (unpaired) electrons. The van der Waals surface area contributed by atoms with E-state index in [1.165, 1.54) is 75.3 Å². The molecule has 0 heterocycles. The van der Waals surface area contributed by atoms with Crippen molar-refractivity contribution in [2.24, 2.45) is 0 Å². The molecule has 0 N–H and O–H groups in total. The van der Waals surface area contributed by atoms with Crippen molar-refractivity contribution in [2.45, 2.75) is 123 Å². The van der Waals surface area contributed by atoms with Crippen molar-refractivity contribution in [3.63, 3.8) is 0 Å². The topological polar surface area (TPSA) is 95.2 Å². The van der Waals surface area contributed by atoms with Crippen LogP contribution in [0.4, 0.5) is 0 Å². The molecule has 4 nitrogen and oxygen atoms in total. The maximum atomic E-state index is 10.2. The number of fused-ring (bicyclic) bond motifs is 9. The zero-order chi connectivity index (χ0) is 42.3. The first kappa shape index (κ1) is 38.6. The van der Waals surface area contributed by atoms with E-state index >= 15 is 0 Å². The largest absolute Gasteiger partial charge is 0.192 e. The molecule has 0 spiro atoms. The average molecular weight is 770 g/mol. The first-order chi connectivity index (χ1) is 28.6. The third-order valence-electron chi connectivity index (χ3n) is 12.5. The van der Waals surface area contributed by atoms with Gasteiger partial charge in [0.1, 0.15) is 35.4 Å². The Balaban J connectivity index is 0.00000140. The minimum atomic E-state index is -1.12. The molecule has 0 saturated heterocycles. The predicted molar refractivity (Wildman–Crippen MR) is 239 cm³/mol. The van der Waals surface area contributed by atoms with E-state index in [0.29, 0.717) is 11.1 Å². The normalized spacial score (nSPS) is 14.1. The fraction of sp³-hybridized carbons (Fsp3) is 0.385. The van der Waals surface area contributed by atoms with E-state index in [9.17, 15) is 21.0 Å². The standard InChI is InChI=1S/C51H50N4.CH5P/c1-5-7-9-11-13-15-21-51(22-16-14-12-10-8-6-2)47-27-39-37-19-17-33(3)23-43(37)49(35(29-52)30-53)45(39)25-41(47)42-26-46-40(28-48(42)51)38-20-18-34(4)24-44(38)50(46)36(31-54)32-55;1-2/h17-20,23-28H,5-16,21-22H2,1-4H3;2H2,1H3/i;2TD. The molecule has 4 aromatic carbocycles. The van der Waals surface area contributed by atoms with Gasteiger partial charge >= 0.3 is 0 Å². The molecule has 0 amide bonds. The molecule has 0 bridgehead atoms. The zero-order valence-corrected chi connectivity index (χ0v) is 35.3. The lowest BCUT2D eigenvalue weighted by Gasteiger charge is -2.33. The summed E-state index contributed by atoms with van der Waals surface area (Å²) in [4.78, 5) is 0. The molecule has 0 fully saturated rings. The number of hydrogen-bond donors (Lipinski definition) is 0. The lowest BCUT2D eigenvalue weighted by atomic mass is 9.69. The first-order valence-electron chi connectivity index (χ1n) is 21.9. The minimum Gasteiger partial charge on any atom is -0.192 e. The molecule has 7 rings (SSSR count). The van der Waals surface area contributed by atoms with E-state index in [1.54, 1.807) is 6.66 Å². The van der Waals surface area contributed by atoms with Crippen LogP contribution in [-0.2, 0) is 5.41 Å². The molecule has 1 atom stereocenters. The smallest absolute Gasteiger partial charge is 0.138 e. The van der Waals surface area contributed by atoms with Crippen molar-refractivity contribution in [3.05, 3.63) is 116 Å². The number of unbranched alkanes of at least 4 members (excludes halogenated alkanes) is 10. The summed E-state index contributed by atoms with van der Waals surface area (Å²) in [5, 5.41) is 41.0. The quantitative estimate of drug-likeness (QED) is 0.0626. The summed E-state index contributed by atoms with van der Waals surface area (Å²) in [6.07, 6.45) is 16.8. The number of hydrogen-bond acceptors (Lipinski definition) is 4. The predicted octanol–water partition coefficient (Wildman–Crippen LogP) is 14.2. The summed E-state index contributed by atoms with van der Waals surface area (Å²) in [6, 6.07) is 31.1. The summed E-state index contributed by atoms with van der Waals surface area (Å²) in [5.41, 5.74) is 16.7. The van der Waals surface area contributed by atoms with E-state index in [0.717, 1.165) is 92.4 Å². The van der Waals surface area contributed by atoms with Crippen LogP contribution in [0.3, 0.4) is 0 Å². The molecule has 3 aliphatic rings. The van der Waals surface area contributed by atoms with Crippen LogP contribution in [0, 0.1) is 59.2 Å². The molecule has 1 unspecified atom stereocenters. The molecular formula is C52H55N4P. The van der Waals surface area contributed by atoms with Crippen molar-refractivity contribution < 1.29 is 0 Å². The SMILES string of the molecule is CCCCCCCCC1(CCCCCCCC)c2cc3c(cc2-c2cc4c(cc21)-c1ccc(C)cc1C4=C(C#N)C#N)C(=C(C#N)C#N)c1cc(C)ccc1-3.[2H]P([3H])C. The number of allylic oxidation sites excluding steroid dienone is 2. The Bertz CT molecular complexity index is 2290. The van der Waals surface area contributed by atoms with Crippen LogP contribution in [0.2, 0.25) is 0 Å². The number of rotatable bonds is 14. The van der Waals surface area contributed by atoms with Gasteiger partial charge < -0.3 is 0 Å². The Morgan fingerprint density at radius 3 is 1.25 bits per heavy atom. The van der Waals surface area contributed by atoms with E-state index in [1.807, 2.05) is 0 Å². The van der Waals surface area contributed by atoms with Crippen LogP contribution < -0.4 is 0 Å². The van der Waals surface area contributed by atoms with Gasteiger partial charge in [0, 0.05) is 16.6 Å². The maximum Gasteiger partial charge on any atom is 0.138 e. The lowest BCUT2D eigenvalue weighted by Crippen LogP contribution is -2.26. The van der Waals surface area contributed by atoms with Gasteiger partial charge in [-0.25, -0.2) is 0 Å². The Morgan fingerprint density at radius 1 is 0.526 bits per heavy atom. The molecule has 0 aliphatic heterocycles. The molecule has 4 aromatic rings. The highest BCUT2D eigenvalue weighted by molar-refractivity contribution is 7.15. The van der Waals surface area contributed by atoms with Crippen molar-refractivity contribution in [2.75, 3.05) is 6.66 Å². The van der Waals surface area contributed by atoms with E-state index in [-0.39, 0.29) is 16.6 Å². The van der Waals surface area contributed by atoms with Crippen LogP contribution in [-0.4, -0.2) is 9.22 Å². The summed E-state index contributed by atoms with van der Waals surface area (Å²) < 4.78 is 12.6. The van der Waals surface area contributed by atoms with Gasteiger partial charge in [-0.1, -0.05) is 145 Å². The fourth-order valence-corrected chi connectivity index (χ4v) is 9.82. The fourth-order valence-electron chi connectivity index (χ4n) is 9.82. The number of aryl methyl sites for hydroxylation is 2. The van der Waals surface area contributed by atoms with Crippen LogP contribution in [0.15, 0.2) is 71.8 Å². The van der Waals surface area contributed by atoms with Gasteiger partial charge in [0.05, 0.1) is 2.56 Å². The Hall–Kier alpha value is -5.25. The summed E-state index contributed by atoms with van der Waals surface area (Å²) in [7, 11) is -1.12. The molecular weight excluding hydrogens is 712 g/mol. The molecule has 0 aromatic heterocycles. The highest BCUT2D eigenvalue weighted by atomic mass is 31.0. The van der Waals surface area contributed by atoms with Gasteiger partial charge in [-0.2, -0.15) is 21.0 Å². The third-order valence-corrected chi connectivity index (χ3v) is 12.5. The number of nitrogens with zero attached hydrogens (tertiary/aromatic N) is 4. The maximum absolute atomic E-state index is 10.2. The molecule has 5 heteroatoms. The number of benzene rings is 4. The van der Waals surface area contributed by atoms with Crippen molar-refractivity contribution in [1.82, 2.24) is 0 Å². The monoisotopic (exact) mass is 769 g/mol. The third kappa shape index (κ3) is 7.51. The highest BCUT2D eigenvalue weighted by Gasteiger charge is 2.45. The molecule has 3 aliphatic carbocycles. The summed E-state index contributed by atoms with van der Waals surface area (Å²) >= 11 is 0. The molecule has 57 heavy (non-hydrogen) atoms. The van der Waals surface area contributed by atoms with Crippen LogP contribution in [0.1, 0.15) is 148 Å². The van der Waals surface area contributed by atoms with Gasteiger partial charge in [0.2, 0.25) is 0 Å². The van der Waals surface area contributed by atoms with Gasteiger partial charge in [0.25, 0.3) is 0 Å². The average Bonchev–Trinajstić information content (AvgIpc) is 3.79. The van der Waals surface area contributed by atoms with Crippen molar-refractivity contribution in [3.8, 4) is 57.7 Å². The second-order valence-corrected chi connectivity index (χ2v) is 16.0. The second-order valence-electron chi connectivity index (χ2n) is 16.0. The molecule has 0 saturated carbocycles. The van der Waals surface area contributed by atoms with Gasteiger partial charge in [-0.05, 0) is 118 Å². The van der Waals surface area contributed by atoms with Gasteiger partial charge in [-0.15, -0.1) is 9.13 Å². The van der Waals surface area contributed by atoms with E-state index < -0.39 is 9.13 Å².